The molecule has 4 heteroatoms. The molecule has 0 aliphatic heterocycles. The lowest BCUT2D eigenvalue weighted by Gasteiger charge is -2.09. The van der Waals surface area contributed by atoms with Crippen molar-refractivity contribution in [3.63, 3.8) is 0 Å². The number of halogens is 1. The molecule has 0 saturated carbocycles. The van der Waals surface area contributed by atoms with Gasteiger partial charge in [0.25, 0.3) is 0 Å². The zero-order chi connectivity index (χ0) is 11.6. The Morgan fingerprint density at radius 1 is 1.47 bits per heavy atom. The van der Waals surface area contributed by atoms with Crippen LogP contribution in [0.1, 0.15) is 35.9 Å². The maximum absolute atomic E-state index is 13.0. The van der Waals surface area contributed by atoms with Gasteiger partial charge < -0.3 is 10.8 Å². The summed E-state index contributed by atoms with van der Waals surface area (Å²) in [5.74, 6) is -0.414. The second-order valence-electron chi connectivity index (χ2n) is 3.54. The van der Waals surface area contributed by atoms with Gasteiger partial charge in [-0.3, -0.25) is 4.79 Å². The summed E-state index contributed by atoms with van der Waals surface area (Å²) < 4.78 is 13.0. The molecule has 0 aromatic heterocycles. The molecule has 3 N–H and O–H groups in total. The van der Waals surface area contributed by atoms with E-state index in [1.54, 1.807) is 6.92 Å². The van der Waals surface area contributed by atoms with E-state index in [0.717, 1.165) is 0 Å². The average molecular weight is 211 g/mol. The van der Waals surface area contributed by atoms with Crippen molar-refractivity contribution in [3.8, 4) is 5.75 Å². The fourth-order valence-electron chi connectivity index (χ4n) is 1.29. The minimum Gasteiger partial charge on any atom is -0.508 e. The van der Waals surface area contributed by atoms with E-state index in [9.17, 15) is 14.3 Å². The first kappa shape index (κ1) is 11.7. The molecule has 3 nitrogen and oxygen atoms in total. The van der Waals surface area contributed by atoms with Crippen molar-refractivity contribution in [1.82, 2.24) is 0 Å². The summed E-state index contributed by atoms with van der Waals surface area (Å²) in [4.78, 5) is 11.5. The van der Waals surface area contributed by atoms with Gasteiger partial charge >= 0.3 is 0 Å². The highest BCUT2D eigenvalue weighted by Crippen LogP contribution is 2.27. The first-order valence-electron chi connectivity index (χ1n) is 4.70. The number of ketones is 1. The van der Waals surface area contributed by atoms with Crippen molar-refractivity contribution in [2.75, 3.05) is 0 Å². The van der Waals surface area contributed by atoms with E-state index >= 15 is 0 Å². The molecule has 82 valence electrons. The van der Waals surface area contributed by atoms with E-state index in [1.165, 1.54) is 25.1 Å². The van der Waals surface area contributed by atoms with Crippen LogP contribution in [0.25, 0.3) is 0 Å². The summed E-state index contributed by atoms with van der Waals surface area (Å²) in [6, 6.07) is 3.46. The Morgan fingerprint density at radius 3 is 2.53 bits per heavy atom. The van der Waals surface area contributed by atoms with Crippen molar-refractivity contribution in [3.05, 3.63) is 29.3 Å². The molecule has 0 fully saturated rings. The van der Waals surface area contributed by atoms with Gasteiger partial charge in [-0.2, -0.15) is 0 Å². The highest BCUT2D eigenvalue weighted by atomic mass is 19.1. The molecule has 0 saturated heterocycles. The van der Waals surface area contributed by atoms with Gasteiger partial charge in [-0.15, -0.1) is 0 Å². The third-order valence-electron chi connectivity index (χ3n) is 2.15. The number of phenolic OH excluding ortho intramolecular Hbond substituents is 1. The Hall–Kier alpha value is -1.42. The van der Waals surface area contributed by atoms with Crippen LogP contribution >= 0.6 is 0 Å². The molecular weight excluding hydrogens is 197 g/mol. The SMILES string of the molecule is CC(N)C(=O)c1ccc(O)c(C(C)F)c1. The Morgan fingerprint density at radius 2 is 2.07 bits per heavy atom. The number of nitrogens with two attached hydrogens (primary N) is 1. The number of aromatic hydroxyl groups is 1. The third kappa shape index (κ3) is 2.53. The molecule has 15 heavy (non-hydrogen) atoms. The quantitative estimate of drug-likeness (QED) is 0.751. The second kappa shape index (κ2) is 4.40. The van der Waals surface area contributed by atoms with Gasteiger partial charge in [-0.25, -0.2) is 4.39 Å². The van der Waals surface area contributed by atoms with Crippen LogP contribution in [0.3, 0.4) is 0 Å². The number of rotatable bonds is 3. The van der Waals surface area contributed by atoms with Crippen LogP contribution in [-0.2, 0) is 0 Å². The molecule has 0 spiro atoms. The van der Waals surface area contributed by atoms with E-state index < -0.39 is 12.2 Å². The van der Waals surface area contributed by atoms with Gasteiger partial charge in [-0.1, -0.05) is 0 Å². The van der Waals surface area contributed by atoms with E-state index in [4.69, 9.17) is 5.73 Å². The van der Waals surface area contributed by atoms with Crippen LogP contribution in [0.15, 0.2) is 18.2 Å². The molecule has 0 aliphatic rings. The van der Waals surface area contributed by atoms with Crippen molar-refractivity contribution >= 4 is 5.78 Å². The van der Waals surface area contributed by atoms with Crippen molar-refractivity contribution in [1.29, 1.82) is 0 Å². The predicted molar refractivity (Wildman–Crippen MR) is 55.6 cm³/mol. The fourth-order valence-corrected chi connectivity index (χ4v) is 1.29. The summed E-state index contributed by atoms with van der Waals surface area (Å²) in [6.07, 6.45) is -1.31. The van der Waals surface area contributed by atoms with Crippen LogP contribution in [0.4, 0.5) is 4.39 Å². The highest BCUT2D eigenvalue weighted by molar-refractivity contribution is 6.00. The number of alkyl halides is 1. The van der Waals surface area contributed by atoms with E-state index in [2.05, 4.69) is 0 Å². The molecule has 1 aromatic rings. The molecule has 2 unspecified atom stereocenters. The maximum atomic E-state index is 13.0. The second-order valence-corrected chi connectivity index (χ2v) is 3.54. The first-order valence-corrected chi connectivity index (χ1v) is 4.70. The van der Waals surface area contributed by atoms with Crippen LogP contribution < -0.4 is 5.73 Å². The first-order chi connectivity index (χ1) is 6.93. The number of phenols is 1. The van der Waals surface area contributed by atoms with Crippen LogP contribution in [0, 0.1) is 0 Å². The van der Waals surface area contributed by atoms with Crippen LogP contribution in [0.5, 0.6) is 5.75 Å². The topological polar surface area (TPSA) is 63.3 Å². The van der Waals surface area contributed by atoms with Gasteiger partial charge in [0.15, 0.2) is 5.78 Å². The maximum Gasteiger partial charge on any atom is 0.179 e. The smallest absolute Gasteiger partial charge is 0.179 e. The monoisotopic (exact) mass is 211 g/mol. The number of carbonyl (C=O) groups excluding carboxylic acids is 1. The lowest BCUT2D eigenvalue weighted by atomic mass is 10.0. The van der Waals surface area contributed by atoms with Gasteiger partial charge in [0.2, 0.25) is 0 Å². The van der Waals surface area contributed by atoms with E-state index in [-0.39, 0.29) is 17.1 Å². The Bertz CT molecular complexity index is 375. The largest absolute Gasteiger partial charge is 0.508 e. The van der Waals surface area contributed by atoms with Crippen molar-refractivity contribution in [2.45, 2.75) is 26.1 Å². The number of hydrogen-bond acceptors (Lipinski definition) is 3. The van der Waals surface area contributed by atoms with Crippen molar-refractivity contribution in [2.24, 2.45) is 5.73 Å². The number of hydrogen-bond donors (Lipinski definition) is 2. The summed E-state index contributed by atoms with van der Waals surface area (Å²) >= 11 is 0. The van der Waals surface area contributed by atoms with Crippen LogP contribution in [0.2, 0.25) is 0 Å². The van der Waals surface area contributed by atoms with Gasteiger partial charge in [0.1, 0.15) is 11.9 Å². The van der Waals surface area contributed by atoms with Crippen molar-refractivity contribution < 1.29 is 14.3 Å². The van der Waals surface area contributed by atoms with E-state index in [1.807, 2.05) is 0 Å². The number of Topliss-reactive ketones (excluding diaryl/α,β-unsaturated/α-hetero) is 1. The average Bonchev–Trinajstić information content (AvgIpc) is 2.16. The molecule has 1 aromatic carbocycles. The van der Waals surface area contributed by atoms with Crippen LogP contribution in [-0.4, -0.2) is 16.9 Å². The zero-order valence-electron chi connectivity index (χ0n) is 8.70. The lowest BCUT2D eigenvalue weighted by Crippen LogP contribution is -2.26. The van der Waals surface area contributed by atoms with Gasteiger partial charge in [0, 0.05) is 11.1 Å². The lowest BCUT2D eigenvalue weighted by molar-refractivity contribution is 0.0968. The Kier molecular flexibility index (Phi) is 3.42. The number of carbonyl (C=O) groups is 1. The normalized spacial score (nSPS) is 14.7. The Labute approximate surface area is 87.7 Å². The fraction of sp³-hybridized carbons (Fsp3) is 0.364. The van der Waals surface area contributed by atoms with Gasteiger partial charge in [0.05, 0.1) is 6.04 Å². The minimum atomic E-state index is -1.31. The molecule has 2 atom stereocenters. The molecule has 0 aliphatic carbocycles. The molecule has 1 rings (SSSR count). The zero-order valence-corrected chi connectivity index (χ0v) is 8.70. The highest BCUT2D eigenvalue weighted by Gasteiger charge is 2.15. The standard InChI is InChI=1S/C11H14FNO2/c1-6(12)9-5-8(3-4-10(9)14)11(15)7(2)13/h3-7,14H,13H2,1-2H3. The summed E-state index contributed by atoms with van der Waals surface area (Å²) in [6.45, 7) is 2.86. The number of benzene rings is 1. The molecule has 0 amide bonds. The summed E-state index contributed by atoms with van der Waals surface area (Å²) in [5.41, 5.74) is 5.86. The molecular formula is C11H14FNO2. The summed E-state index contributed by atoms with van der Waals surface area (Å²) in [7, 11) is 0. The van der Waals surface area contributed by atoms with Gasteiger partial charge in [-0.05, 0) is 32.0 Å². The molecule has 0 heterocycles. The van der Waals surface area contributed by atoms with E-state index in [0.29, 0.717) is 5.56 Å². The molecule has 0 bridgehead atoms. The Balaban J connectivity index is 3.13. The predicted octanol–water partition coefficient (Wildman–Crippen LogP) is 1.95. The third-order valence-corrected chi connectivity index (χ3v) is 2.15. The summed E-state index contributed by atoms with van der Waals surface area (Å²) in [5, 5.41) is 9.34. The molecule has 0 radical (unpaired) electrons. The minimum absolute atomic E-state index is 0.113.